The lowest BCUT2D eigenvalue weighted by atomic mass is 10.4. The Labute approximate surface area is 106 Å². The van der Waals surface area contributed by atoms with Gasteiger partial charge in [-0.15, -0.1) is 0 Å². The third kappa shape index (κ3) is 2.26. The van der Waals surface area contributed by atoms with E-state index in [1.165, 1.54) is 6.33 Å². The van der Waals surface area contributed by atoms with Crippen LogP contribution in [0.1, 0.15) is 5.76 Å². The van der Waals surface area contributed by atoms with Gasteiger partial charge < -0.3 is 14.3 Å². The number of anilines is 1. The molecule has 0 amide bonds. The minimum atomic E-state index is -0.128. The van der Waals surface area contributed by atoms with Gasteiger partial charge in [0.1, 0.15) is 15.1 Å². The van der Waals surface area contributed by atoms with E-state index >= 15 is 0 Å². The fraction of sp³-hybridized carbons (Fsp3) is 0.200. The zero-order valence-corrected chi connectivity index (χ0v) is 10.8. The van der Waals surface area contributed by atoms with E-state index < -0.39 is 0 Å². The van der Waals surface area contributed by atoms with Gasteiger partial charge in [-0.05, 0) is 34.7 Å². The Kier molecular flexibility index (Phi) is 3.28. The van der Waals surface area contributed by atoms with Gasteiger partial charge in [0, 0.05) is 7.05 Å². The van der Waals surface area contributed by atoms with Crippen molar-refractivity contribution in [3.8, 4) is 0 Å². The lowest BCUT2D eigenvalue weighted by Gasteiger charge is -2.17. The first kappa shape index (κ1) is 11.2. The number of aromatic nitrogens is 2. The van der Waals surface area contributed by atoms with Crippen molar-refractivity contribution in [2.75, 3.05) is 11.9 Å². The summed E-state index contributed by atoms with van der Waals surface area (Å²) in [6, 6.07) is 3.72. The molecule has 0 radical (unpaired) electrons. The van der Waals surface area contributed by atoms with Crippen molar-refractivity contribution < 1.29 is 4.42 Å². The number of aromatic amines is 1. The molecule has 0 atom stereocenters. The molecule has 2 aromatic rings. The summed E-state index contributed by atoms with van der Waals surface area (Å²) in [5, 5.41) is 0. The van der Waals surface area contributed by atoms with Crippen molar-refractivity contribution in [2.45, 2.75) is 6.54 Å². The molecule has 84 valence electrons. The largest absolute Gasteiger partial charge is 0.467 e. The predicted octanol–water partition coefficient (Wildman–Crippen LogP) is 1.60. The van der Waals surface area contributed by atoms with Crippen LogP contribution in [0.25, 0.3) is 0 Å². The molecule has 0 bridgehead atoms. The molecule has 0 saturated heterocycles. The molecule has 0 aliphatic rings. The molecule has 0 aromatic carbocycles. The summed E-state index contributed by atoms with van der Waals surface area (Å²) < 4.78 is 5.82. The molecule has 2 heterocycles. The molecule has 2 aromatic heterocycles. The summed E-state index contributed by atoms with van der Waals surface area (Å²) in [5.74, 6) is 1.49. The summed E-state index contributed by atoms with van der Waals surface area (Å²) in [7, 11) is 1.87. The Morgan fingerprint density at radius 2 is 2.44 bits per heavy atom. The van der Waals surface area contributed by atoms with E-state index in [1.807, 2.05) is 46.7 Å². The zero-order valence-electron chi connectivity index (χ0n) is 8.61. The number of hydrogen-bond acceptors (Lipinski definition) is 4. The number of H-pyrrole nitrogens is 1. The monoisotopic (exact) mass is 331 g/mol. The lowest BCUT2D eigenvalue weighted by Crippen LogP contribution is -2.23. The topological polar surface area (TPSA) is 62.1 Å². The van der Waals surface area contributed by atoms with E-state index in [0.29, 0.717) is 15.9 Å². The van der Waals surface area contributed by atoms with Crippen LogP contribution in [0.15, 0.2) is 33.9 Å². The third-order valence-electron chi connectivity index (χ3n) is 2.11. The second-order valence-electron chi connectivity index (χ2n) is 3.30. The quantitative estimate of drug-likeness (QED) is 0.868. The summed E-state index contributed by atoms with van der Waals surface area (Å²) in [5.41, 5.74) is -0.128. The lowest BCUT2D eigenvalue weighted by molar-refractivity contribution is 0.506. The van der Waals surface area contributed by atoms with Gasteiger partial charge in [-0.1, -0.05) is 0 Å². The van der Waals surface area contributed by atoms with Crippen LogP contribution < -0.4 is 10.5 Å². The van der Waals surface area contributed by atoms with E-state index in [9.17, 15) is 4.79 Å². The van der Waals surface area contributed by atoms with E-state index in [0.717, 1.165) is 5.76 Å². The maximum atomic E-state index is 11.4. The van der Waals surface area contributed by atoms with Crippen LogP contribution >= 0.6 is 22.6 Å². The maximum absolute atomic E-state index is 11.4. The molecule has 0 fully saturated rings. The Morgan fingerprint density at radius 1 is 1.62 bits per heavy atom. The van der Waals surface area contributed by atoms with E-state index in [4.69, 9.17) is 4.42 Å². The minimum Gasteiger partial charge on any atom is -0.467 e. The molecule has 0 aliphatic carbocycles. The van der Waals surface area contributed by atoms with Gasteiger partial charge in [-0.3, -0.25) is 4.79 Å². The first-order chi connectivity index (χ1) is 7.68. The molecule has 0 spiro atoms. The Balaban J connectivity index is 2.24. The van der Waals surface area contributed by atoms with Crippen molar-refractivity contribution in [3.63, 3.8) is 0 Å². The number of rotatable bonds is 3. The standard InChI is InChI=1S/C10H10IN3O2/c1-14(5-7-3-2-4-16-7)9-8(11)10(15)13-6-12-9/h2-4,6H,5H2,1H3,(H,12,13,15). The van der Waals surface area contributed by atoms with Crippen molar-refractivity contribution in [1.29, 1.82) is 0 Å². The van der Waals surface area contributed by atoms with Crippen LogP contribution in [0.3, 0.4) is 0 Å². The Morgan fingerprint density at radius 3 is 3.12 bits per heavy atom. The second kappa shape index (κ2) is 4.69. The van der Waals surface area contributed by atoms with Crippen molar-refractivity contribution in [3.05, 3.63) is 44.4 Å². The van der Waals surface area contributed by atoms with Gasteiger partial charge in [0.25, 0.3) is 5.56 Å². The third-order valence-corrected chi connectivity index (χ3v) is 3.09. The Hall–Kier alpha value is -1.31. The van der Waals surface area contributed by atoms with Crippen LogP contribution in [0.5, 0.6) is 0 Å². The Bertz CT molecular complexity index is 521. The molecular formula is C10H10IN3O2. The summed E-state index contributed by atoms with van der Waals surface area (Å²) in [6.07, 6.45) is 3.03. The highest BCUT2D eigenvalue weighted by Gasteiger charge is 2.11. The first-order valence-electron chi connectivity index (χ1n) is 4.65. The van der Waals surface area contributed by atoms with E-state index in [-0.39, 0.29) is 5.56 Å². The summed E-state index contributed by atoms with van der Waals surface area (Å²) in [4.78, 5) is 19.9. The summed E-state index contributed by atoms with van der Waals surface area (Å²) in [6.45, 7) is 0.583. The molecule has 6 heteroatoms. The molecule has 0 saturated carbocycles. The zero-order chi connectivity index (χ0) is 11.5. The molecule has 16 heavy (non-hydrogen) atoms. The molecular weight excluding hydrogens is 321 g/mol. The average molecular weight is 331 g/mol. The highest BCUT2D eigenvalue weighted by Crippen LogP contribution is 2.16. The average Bonchev–Trinajstić information content (AvgIpc) is 2.74. The summed E-state index contributed by atoms with van der Waals surface area (Å²) >= 11 is 1.98. The first-order valence-corrected chi connectivity index (χ1v) is 5.73. The number of nitrogens with one attached hydrogen (secondary N) is 1. The van der Waals surface area contributed by atoms with E-state index in [2.05, 4.69) is 9.97 Å². The van der Waals surface area contributed by atoms with Crippen LogP contribution in [0, 0.1) is 3.57 Å². The van der Waals surface area contributed by atoms with Crippen LogP contribution in [-0.4, -0.2) is 17.0 Å². The number of nitrogens with zero attached hydrogens (tertiary/aromatic N) is 2. The fourth-order valence-corrected chi connectivity index (χ4v) is 2.06. The minimum absolute atomic E-state index is 0.128. The molecule has 5 nitrogen and oxygen atoms in total. The SMILES string of the molecule is CN(Cc1ccco1)c1nc[nH]c(=O)c1I. The van der Waals surface area contributed by atoms with Gasteiger partial charge in [0.15, 0.2) is 0 Å². The number of furan rings is 1. The fourth-order valence-electron chi connectivity index (χ4n) is 1.35. The van der Waals surface area contributed by atoms with Crippen molar-refractivity contribution >= 4 is 28.4 Å². The number of halogens is 1. The normalized spacial score (nSPS) is 10.4. The van der Waals surface area contributed by atoms with Crippen LogP contribution in [0.2, 0.25) is 0 Å². The van der Waals surface area contributed by atoms with Crippen LogP contribution in [-0.2, 0) is 6.54 Å². The molecule has 1 N–H and O–H groups in total. The highest BCUT2D eigenvalue weighted by molar-refractivity contribution is 14.1. The predicted molar refractivity (Wildman–Crippen MR) is 68.4 cm³/mol. The van der Waals surface area contributed by atoms with Crippen LogP contribution in [0.4, 0.5) is 5.82 Å². The highest BCUT2D eigenvalue weighted by atomic mass is 127. The second-order valence-corrected chi connectivity index (χ2v) is 4.38. The van der Waals surface area contributed by atoms with Gasteiger partial charge in [-0.25, -0.2) is 4.98 Å². The number of hydrogen-bond donors (Lipinski definition) is 1. The van der Waals surface area contributed by atoms with Gasteiger partial charge in [-0.2, -0.15) is 0 Å². The van der Waals surface area contributed by atoms with Gasteiger partial charge in [0.2, 0.25) is 0 Å². The van der Waals surface area contributed by atoms with Gasteiger partial charge >= 0.3 is 0 Å². The molecule has 2 rings (SSSR count). The van der Waals surface area contributed by atoms with Gasteiger partial charge in [0.05, 0.1) is 19.1 Å². The molecule has 0 unspecified atom stereocenters. The maximum Gasteiger partial charge on any atom is 0.266 e. The smallest absolute Gasteiger partial charge is 0.266 e. The molecule has 0 aliphatic heterocycles. The van der Waals surface area contributed by atoms with Crippen molar-refractivity contribution in [2.24, 2.45) is 0 Å². The van der Waals surface area contributed by atoms with Crippen molar-refractivity contribution in [1.82, 2.24) is 9.97 Å². The van der Waals surface area contributed by atoms with E-state index in [1.54, 1.807) is 6.26 Å².